The predicted molar refractivity (Wildman–Crippen MR) is 156 cm³/mol. The van der Waals surface area contributed by atoms with Crippen molar-refractivity contribution in [2.75, 3.05) is 11.9 Å². The van der Waals surface area contributed by atoms with Gasteiger partial charge in [0.05, 0.1) is 35.8 Å². The minimum atomic E-state index is -0.868. The van der Waals surface area contributed by atoms with E-state index in [1.807, 2.05) is 4.57 Å². The van der Waals surface area contributed by atoms with Crippen LogP contribution >= 0.6 is 0 Å². The summed E-state index contributed by atoms with van der Waals surface area (Å²) in [7, 11) is 0. The van der Waals surface area contributed by atoms with Crippen LogP contribution in [0.15, 0.2) is 12.1 Å². The molecule has 0 radical (unpaired) electrons. The third-order valence-corrected chi connectivity index (χ3v) is 8.70. The fourth-order valence-corrected chi connectivity index (χ4v) is 6.64. The molecular weight excluding hydrogens is 541 g/mol. The second-order valence-corrected chi connectivity index (χ2v) is 12.7. The number of Topliss-reactive ketones (excluding diaryl/α,β-unsaturated/α-hetero) is 1. The number of amides is 1. The number of hydrogen-bond donors (Lipinski definition) is 4. The van der Waals surface area contributed by atoms with E-state index in [-0.39, 0.29) is 28.9 Å². The van der Waals surface area contributed by atoms with Crippen LogP contribution in [0.3, 0.4) is 0 Å². The summed E-state index contributed by atoms with van der Waals surface area (Å²) >= 11 is 0. The Morgan fingerprint density at radius 2 is 1.88 bits per heavy atom. The van der Waals surface area contributed by atoms with Crippen LogP contribution in [0.5, 0.6) is 0 Å². The molecule has 2 aromatic rings. The molecule has 42 heavy (non-hydrogen) atoms. The molecule has 3 aliphatic rings. The molecule has 1 aromatic heterocycles. The lowest BCUT2D eigenvalue weighted by atomic mass is 9.75. The lowest BCUT2D eigenvalue weighted by Crippen LogP contribution is -2.37. The van der Waals surface area contributed by atoms with Gasteiger partial charge in [0.1, 0.15) is 18.0 Å². The van der Waals surface area contributed by atoms with Crippen molar-refractivity contribution in [3.8, 4) is 5.69 Å². The van der Waals surface area contributed by atoms with Crippen LogP contribution in [-0.4, -0.2) is 47.0 Å². The zero-order chi connectivity index (χ0) is 30.2. The Morgan fingerprint density at radius 3 is 2.57 bits per heavy atom. The number of unbranched alkanes of at least 4 members (excludes halogenated alkanes) is 1. The van der Waals surface area contributed by atoms with Gasteiger partial charge in [0.15, 0.2) is 5.78 Å². The highest BCUT2D eigenvalue weighted by Gasteiger charge is 2.39. The zero-order valence-electron chi connectivity index (χ0n) is 24.5. The molecule has 1 atom stereocenters. The van der Waals surface area contributed by atoms with Crippen LogP contribution in [0.4, 0.5) is 10.1 Å². The van der Waals surface area contributed by atoms with Crippen molar-refractivity contribution in [1.82, 2.24) is 4.57 Å². The summed E-state index contributed by atoms with van der Waals surface area (Å²) in [4.78, 5) is 37.9. The molecule has 11 heteroatoms. The number of hydrogen-bond acceptors (Lipinski definition) is 8. The Bertz CT molecular complexity index is 1380. The normalized spacial score (nSPS) is 21.9. The smallest absolute Gasteiger partial charge is 0.323 e. The quantitative estimate of drug-likeness (QED) is 0.243. The van der Waals surface area contributed by atoms with Gasteiger partial charge in [-0.1, -0.05) is 20.3 Å². The van der Waals surface area contributed by atoms with Gasteiger partial charge < -0.3 is 36.6 Å². The van der Waals surface area contributed by atoms with Crippen molar-refractivity contribution in [2.24, 2.45) is 22.6 Å². The number of nitrogens with one attached hydrogen (secondary N) is 1. The Balaban J connectivity index is 1.36. The lowest BCUT2D eigenvalue weighted by Gasteiger charge is -2.31. The van der Waals surface area contributed by atoms with Crippen molar-refractivity contribution >= 4 is 23.3 Å². The van der Waals surface area contributed by atoms with Gasteiger partial charge in [0.25, 0.3) is 5.91 Å². The molecule has 1 aliphatic heterocycles. The summed E-state index contributed by atoms with van der Waals surface area (Å²) in [5.74, 6) is -1.93. The van der Waals surface area contributed by atoms with Crippen LogP contribution < -0.4 is 22.5 Å². The number of carbonyl (C=O) groups is 3. The van der Waals surface area contributed by atoms with E-state index < -0.39 is 23.7 Å². The van der Waals surface area contributed by atoms with Gasteiger partial charge in [-0.3, -0.25) is 14.4 Å². The van der Waals surface area contributed by atoms with Crippen LogP contribution in [0.2, 0.25) is 0 Å². The average molecular weight is 584 g/mol. The topological polar surface area (TPSA) is 165 Å². The highest BCUT2D eigenvalue weighted by Crippen LogP contribution is 2.43. The highest BCUT2D eigenvalue weighted by molar-refractivity contribution is 6.01. The van der Waals surface area contributed by atoms with Gasteiger partial charge in [0, 0.05) is 29.3 Å². The summed E-state index contributed by atoms with van der Waals surface area (Å²) < 4.78 is 28.9. The van der Waals surface area contributed by atoms with Gasteiger partial charge in [-0.2, -0.15) is 0 Å². The Labute approximate surface area is 245 Å². The second kappa shape index (κ2) is 12.1. The summed E-state index contributed by atoms with van der Waals surface area (Å²) in [5.41, 5.74) is 20.7. The van der Waals surface area contributed by atoms with Gasteiger partial charge >= 0.3 is 5.97 Å². The number of anilines is 1. The number of ether oxygens (including phenoxy) is 2. The minimum Gasteiger partial charge on any atom is -0.461 e. The number of benzene rings is 1. The van der Waals surface area contributed by atoms with Gasteiger partial charge in [-0.05, 0) is 69.0 Å². The molecule has 1 saturated carbocycles. The number of esters is 1. The first-order valence-corrected chi connectivity index (χ1v) is 14.9. The third kappa shape index (κ3) is 6.09. The molecule has 0 unspecified atom stereocenters. The van der Waals surface area contributed by atoms with E-state index in [0.29, 0.717) is 81.6 Å². The van der Waals surface area contributed by atoms with Crippen molar-refractivity contribution in [2.45, 2.75) is 103 Å². The summed E-state index contributed by atoms with van der Waals surface area (Å²) in [6.45, 7) is 5.33. The van der Waals surface area contributed by atoms with Gasteiger partial charge in [0.2, 0.25) is 0 Å². The molecule has 1 fully saturated rings. The molecule has 228 valence electrons. The van der Waals surface area contributed by atoms with E-state index in [2.05, 4.69) is 19.2 Å². The zero-order valence-corrected chi connectivity index (χ0v) is 24.5. The van der Waals surface area contributed by atoms with Crippen molar-refractivity contribution < 1.29 is 28.2 Å². The molecule has 2 heterocycles. The third-order valence-electron chi connectivity index (χ3n) is 8.70. The summed E-state index contributed by atoms with van der Waals surface area (Å²) in [6, 6.07) is 2.30. The minimum absolute atomic E-state index is 0.0725. The van der Waals surface area contributed by atoms with E-state index >= 15 is 4.39 Å². The molecule has 1 aromatic carbocycles. The Hall–Kier alpha value is -3.28. The van der Waals surface area contributed by atoms with E-state index in [1.54, 1.807) is 6.07 Å². The fraction of sp³-hybridized carbons (Fsp3) is 0.581. The Kier molecular flexibility index (Phi) is 8.73. The first-order valence-electron chi connectivity index (χ1n) is 14.9. The second-order valence-electron chi connectivity index (χ2n) is 12.7. The summed E-state index contributed by atoms with van der Waals surface area (Å²) in [6.07, 6.45) is 5.49. The first-order chi connectivity index (χ1) is 20.0. The van der Waals surface area contributed by atoms with E-state index in [1.165, 1.54) is 6.07 Å². The molecule has 7 N–H and O–H groups in total. The van der Waals surface area contributed by atoms with Crippen LogP contribution in [0.1, 0.15) is 103 Å². The fourth-order valence-electron chi connectivity index (χ4n) is 6.64. The Morgan fingerprint density at radius 1 is 1.14 bits per heavy atom. The van der Waals surface area contributed by atoms with Gasteiger partial charge in [-0.15, -0.1) is 0 Å². The van der Waals surface area contributed by atoms with Crippen LogP contribution in [0.25, 0.3) is 5.69 Å². The number of ketones is 1. The molecule has 10 nitrogen and oxygen atoms in total. The SMILES string of the molecule is CC1(C)CC(=O)c2c3c(n(-c4cc(F)c(C(N)=O)c(NC5CCC(OC(=O)[C@@H](N)CCCCN)CC5)c4)c2C1)COC3. The number of carbonyl (C=O) groups excluding carboxylic acids is 3. The maximum absolute atomic E-state index is 15.6. The van der Waals surface area contributed by atoms with Crippen LogP contribution in [-0.2, 0) is 33.9 Å². The van der Waals surface area contributed by atoms with E-state index in [9.17, 15) is 14.4 Å². The molecule has 5 rings (SSSR count). The van der Waals surface area contributed by atoms with Crippen molar-refractivity contribution in [3.63, 3.8) is 0 Å². The largest absolute Gasteiger partial charge is 0.461 e. The molecular formula is C31H42FN5O5. The average Bonchev–Trinajstić information content (AvgIpc) is 3.48. The number of nitrogens with zero attached hydrogens (tertiary/aromatic N) is 1. The molecule has 0 bridgehead atoms. The monoisotopic (exact) mass is 583 g/mol. The summed E-state index contributed by atoms with van der Waals surface area (Å²) in [5, 5.41) is 3.35. The number of fused-ring (bicyclic) bond motifs is 3. The number of rotatable bonds is 10. The maximum Gasteiger partial charge on any atom is 0.323 e. The number of halogens is 1. The maximum atomic E-state index is 15.6. The molecule has 0 spiro atoms. The number of nitrogens with two attached hydrogens (primary N) is 3. The van der Waals surface area contributed by atoms with E-state index in [0.717, 1.165) is 29.8 Å². The molecule has 1 amide bonds. The number of primary amides is 1. The highest BCUT2D eigenvalue weighted by atomic mass is 19.1. The first kappa shape index (κ1) is 30.2. The van der Waals surface area contributed by atoms with E-state index in [4.69, 9.17) is 26.7 Å². The standard InChI is InChI=1S/C31H42FN5O5/c1-31(2)13-24-27(26(38)14-31)20-15-41-16-25(20)37(24)18-11-21(32)28(29(35)39)23(12-18)36-17-6-8-19(9-7-17)42-30(40)22(34)5-3-4-10-33/h11-12,17,19,22,36H,3-10,13-16,33-34H2,1-2H3,(H2,35,39)/t17?,19?,22-/m0/s1. The van der Waals surface area contributed by atoms with Crippen LogP contribution in [0, 0.1) is 11.2 Å². The predicted octanol–water partition coefficient (Wildman–Crippen LogP) is 3.62. The number of aromatic nitrogens is 1. The van der Waals surface area contributed by atoms with Gasteiger partial charge in [-0.25, -0.2) is 4.39 Å². The van der Waals surface area contributed by atoms with Crippen molar-refractivity contribution in [1.29, 1.82) is 0 Å². The molecule has 2 aliphatic carbocycles. The lowest BCUT2D eigenvalue weighted by molar-refractivity contribution is -0.152. The van der Waals surface area contributed by atoms with Crippen molar-refractivity contribution in [3.05, 3.63) is 46.0 Å². The molecule has 0 saturated heterocycles.